The molecule has 1 N–H and O–H groups in total. The number of allylic oxidation sites excluding steroid dienone is 1. The first-order chi connectivity index (χ1) is 11.2. The Morgan fingerprint density at radius 1 is 1.17 bits per heavy atom. The summed E-state index contributed by atoms with van der Waals surface area (Å²) in [5, 5.41) is 8.85. The predicted octanol–water partition coefficient (Wildman–Crippen LogP) is 3.75. The smallest absolute Gasteiger partial charge is 0.398 e. The van der Waals surface area contributed by atoms with E-state index in [1.54, 1.807) is 6.92 Å². The molecule has 0 spiro atoms. The van der Waals surface area contributed by atoms with Crippen molar-refractivity contribution in [3.05, 3.63) is 41.1 Å². The highest BCUT2D eigenvalue weighted by molar-refractivity contribution is 6.55. The average molecular weight is 330 g/mol. The molecular weight excluding hydrogens is 306 g/mol. The topological polar surface area (TPSA) is 38.7 Å². The molecule has 1 heterocycles. The van der Waals surface area contributed by atoms with Crippen LogP contribution in [0, 0.1) is 11.8 Å². The zero-order chi connectivity index (χ0) is 18.0. The van der Waals surface area contributed by atoms with E-state index >= 15 is 0 Å². The monoisotopic (exact) mass is 330 g/mol. The molecule has 0 aliphatic carbocycles. The normalized spacial score (nSPS) is 19.5. The Balaban J connectivity index is 2.36. The molecule has 0 saturated carbocycles. The van der Waals surface area contributed by atoms with Gasteiger partial charge >= 0.3 is 7.12 Å². The minimum Gasteiger partial charge on any atom is -0.398 e. The number of hydrogen-bond donors (Lipinski definition) is 1. The molecule has 0 atom stereocenters. The van der Waals surface area contributed by atoms with E-state index in [4.69, 9.17) is 14.4 Å². The maximum atomic E-state index is 15.0. The van der Waals surface area contributed by atoms with E-state index in [1.807, 2.05) is 52.0 Å². The lowest BCUT2D eigenvalue weighted by atomic mass is 9.82. The first-order valence-corrected chi connectivity index (χ1v) is 8.10. The summed E-state index contributed by atoms with van der Waals surface area (Å²) in [6.45, 7) is 9.28. The van der Waals surface area contributed by atoms with Crippen molar-refractivity contribution < 1.29 is 18.8 Å². The van der Waals surface area contributed by atoms with Crippen molar-refractivity contribution in [2.45, 2.75) is 52.2 Å². The van der Waals surface area contributed by atoms with Gasteiger partial charge in [-0.05, 0) is 51.8 Å². The second kappa shape index (κ2) is 7.10. The fraction of sp³-hybridized carbons (Fsp3) is 0.474. The van der Waals surface area contributed by atoms with Crippen LogP contribution >= 0.6 is 0 Å². The van der Waals surface area contributed by atoms with E-state index in [9.17, 15) is 4.39 Å². The SMILES string of the molecule is CC(=C(F)B1OC(C)(C)C(C)(C)O1)c1ccccc1C#CCCO. The first kappa shape index (κ1) is 18.7. The third-order valence-electron chi connectivity index (χ3n) is 4.61. The third kappa shape index (κ3) is 3.72. The van der Waals surface area contributed by atoms with Crippen LogP contribution in [0.1, 0.15) is 52.2 Å². The summed E-state index contributed by atoms with van der Waals surface area (Å²) in [4.78, 5) is 0. The molecule has 1 fully saturated rings. The van der Waals surface area contributed by atoms with Crippen molar-refractivity contribution in [3.8, 4) is 11.8 Å². The van der Waals surface area contributed by atoms with Crippen LogP contribution in [0.25, 0.3) is 5.57 Å². The lowest BCUT2D eigenvalue weighted by Crippen LogP contribution is -2.41. The van der Waals surface area contributed by atoms with Gasteiger partial charge in [-0.25, -0.2) is 4.39 Å². The Labute approximate surface area is 144 Å². The summed E-state index contributed by atoms with van der Waals surface area (Å²) >= 11 is 0. The van der Waals surface area contributed by atoms with Crippen LogP contribution in [0.5, 0.6) is 0 Å². The Morgan fingerprint density at radius 3 is 2.33 bits per heavy atom. The molecule has 0 unspecified atom stereocenters. The van der Waals surface area contributed by atoms with Gasteiger partial charge in [0.15, 0.2) is 0 Å². The van der Waals surface area contributed by atoms with Gasteiger partial charge in [0.1, 0.15) is 5.73 Å². The molecule has 1 aliphatic heterocycles. The highest BCUT2D eigenvalue weighted by Crippen LogP contribution is 2.40. The van der Waals surface area contributed by atoms with E-state index in [-0.39, 0.29) is 6.61 Å². The first-order valence-electron chi connectivity index (χ1n) is 8.10. The lowest BCUT2D eigenvalue weighted by molar-refractivity contribution is 0.00578. The standard InChI is InChI=1S/C19H24BFO3/c1-14(16-12-7-6-10-15(16)11-8-9-13-22)17(21)20-23-18(2,3)19(4,5)24-20/h6-7,10,12,22H,9,13H2,1-5H3. The van der Waals surface area contributed by atoms with E-state index < -0.39 is 24.0 Å². The molecule has 1 saturated heterocycles. The number of hydrogen-bond acceptors (Lipinski definition) is 3. The van der Waals surface area contributed by atoms with Gasteiger partial charge in [-0.2, -0.15) is 0 Å². The fourth-order valence-electron chi connectivity index (χ4n) is 2.38. The van der Waals surface area contributed by atoms with Crippen molar-refractivity contribution in [2.75, 3.05) is 6.61 Å². The highest BCUT2D eigenvalue weighted by Gasteiger charge is 2.53. The Hall–Kier alpha value is -1.61. The summed E-state index contributed by atoms with van der Waals surface area (Å²) in [5.74, 6) is 5.85. The summed E-state index contributed by atoms with van der Waals surface area (Å²) in [6, 6.07) is 7.35. The molecule has 0 bridgehead atoms. The Bertz CT molecular complexity index is 682. The van der Waals surface area contributed by atoms with Crippen LogP contribution in [-0.2, 0) is 9.31 Å². The molecule has 0 aromatic heterocycles. The molecule has 1 aliphatic rings. The van der Waals surface area contributed by atoms with Crippen LogP contribution < -0.4 is 0 Å². The van der Waals surface area contributed by atoms with E-state index in [0.717, 1.165) is 5.56 Å². The van der Waals surface area contributed by atoms with E-state index in [0.29, 0.717) is 17.6 Å². The van der Waals surface area contributed by atoms with Crippen LogP contribution in [0.3, 0.4) is 0 Å². The average Bonchev–Trinajstić information content (AvgIpc) is 2.75. The van der Waals surface area contributed by atoms with Crippen molar-refractivity contribution in [1.29, 1.82) is 0 Å². The van der Waals surface area contributed by atoms with Gasteiger partial charge in [0.2, 0.25) is 0 Å². The van der Waals surface area contributed by atoms with E-state index in [1.165, 1.54) is 0 Å². The van der Waals surface area contributed by atoms with E-state index in [2.05, 4.69) is 11.8 Å². The van der Waals surface area contributed by atoms with Crippen molar-refractivity contribution in [1.82, 2.24) is 0 Å². The summed E-state index contributed by atoms with van der Waals surface area (Å²) in [7, 11) is -1.02. The third-order valence-corrected chi connectivity index (χ3v) is 4.61. The minimum atomic E-state index is -1.02. The molecule has 3 nitrogen and oxygen atoms in total. The molecule has 24 heavy (non-hydrogen) atoms. The van der Waals surface area contributed by atoms with Gasteiger partial charge in [-0.1, -0.05) is 30.0 Å². The van der Waals surface area contributed by atoms with Gasteiger partial charge in [0, 0.05) is 12.0 Å². The highest BCUT2D eigenvalue weighted by atomic mass is 19.1. The molecule has 1 aromatic carbocycles. The summed E-state index contributed by atoms with van der Waals surface area (Å²) in [6.07, 6.45) is 0.386. The summed E-state index contributed by atoms with van der Waals surface area (Å²) < 4.78 is 26.5. The van der Waals surface area contributed by atoms with Crippen molar-refractivity contribution >= 4 is 12.7 Å². The fourth-order valence-corrected chi connectivity index (χ4v) is 2.38. The molecule has 0 radical (unpaired) electrons. The van der Waals surface area contributed by atoms with Crippen LogP contribution in [0.15, 0.2) is 30.0 Å². The molecular formula is C19H24BFO3. The van der Waals surface area contributed by atoms with Gasteiger partial charge in [0.25, 0.3) is 0 Å². The Morgan fingerprint density at radius 2 is 1.75 bits per heavy atom. The molecule has 2 rings (SSSR count). The second-order valence-electron chi connectivity index (χ2n) is 6.88. The number of benzene rings is 1. The quantitative estimate of drug-likeness (QED) is 0.678. The van der Waals surface area contributed by atoms with Crippen LogP contribution in [0.4, 0.5) is 4.39 Å². The van der Waals surface area contributed by atoms with Crippen LogP contribution in [0.2, 0.25) is 0 Å². The lowest BCUT2D eigenvalue weighted by Gasteiger charge is -2.32. The molecule has 5 heteroatoms. The number of halogens is 1. The summed E-state index contributed by atoms with van der Waals surface area (Å²) in [5.41, 5.74) is 0.253. The minimum absolute atomic E-state index is 0.00622. The van der Waals surface area contributed by atoms with Gasteiger partial charge in [-0.3, -0.25) is 0 Å². The Kier molecular flexibility index (Phi) is 5.54. The number of rotatable bonds is 3. The predicted molar refractivity (Wildman–Crippen MR) is 94.8 cm³/mol. The zero-order valence-corrected chi connectivity index (χ0v) is 14.9. The van der Waals surface area contributed by atoms with Gasteiger partial charge < -0.3 is 14.4 Å². The number of aliphatic hydroxyl groups is 1. The molecule has 0 amide bonds. The maximum absolute atomic E-state index is 15.0. The number of aliphatic hydroxyl groups excluding tert-OH is 1. The molecule has 1 aromatic rings. The van der Waals surface area contributed by atoms with Crippen molar-refractivity contribution in [3.63, 3.8) is 0 Å². The molecule has 128 valence electrons. The van der Waals surface area contributed by atoms with Crippen molar-refractivity contribution in [2.24, 2.45) is 0 Å². The van der Waals surface area contributed by atoms with Gasteiger partial charge in [0.05, 0.1) is 17.8 Å². The maximum Gasteiger partial charge on any atom is 0.525 e. The van der Waals surface area contributed by atoms with Gasteiger partial charge in [-0.15, -0.1) is 0 Å². The van der Waals surface area contributed by atoms with Crippen LogP contribution in [-0.4, -0.2) is 30.0 Å². The largest absolute Gasteiger partial charge is 0.525 e. The second-order valence-corrected chi connectivity index (χ2v) is 6.88. The zero-order valence-electron chi connectivity index (χ0n) is 14.9.